The van der Waals surface area contributed by atoms with Gasteiger partial charge in [-0.15, -0.1) is 0 Å². The van der Waals surface area contributed by atoms with Gasteiger partial charge in [0.05, 0.1) is 0 Å². The number of aliphatic carboxylic acids is 1. The van der Waals surface area contributed by atoms with E-state index < -0.39 is 17.8 Å². The van der Waals surface area contributed by atoms with E-state index in [2.05, 4.69) is 0 Å². The summed E-state index contributed by atoms with van der Waals surface area (Å²) in [7, 11) is 0. The first kappa shape index (κ1) is 10.6. The molecule has 3 N–H and O–H groups in total. The van der Waals surface area contributed by atoms with E-state index in [-0.39, 0.29) is 12.0 Å². The Kier molecular flexibility index (Phi) is 3.55. The Morgan fingerprint density at radius 2 is 2.14 bits per heavy atom. The zero-order chi connectivity index (χ0) is 10.6. The van der Waals surface area contributed by atoms with Gasteiger partial charge in [0.25, 0.3) is 0 Å². The molecule has 76 valence electrons. The van der Waals surface area contributed by atoms with Gasteiger partial charge in [0, 0.05) is 6.42 Å². The van der Waals surface area contributed by atoms with Crippen LogP contribution in [0.15, 0.2) is 24.3 Å². The minimum absolute atomic E-state index is 0.0987. The van der Waals surface area contributed by atoms with Crippen LogP contribution in [0.4, 0.5) is 4.39 Å². The summed E-state index contributed by atoms with van der Waals surface area (Å²) in [6.45, 7) is 0. The molecule has 1 atom stereocenters. The van der Waals surface area contributed by atoms with Crippen molar-refractivity contribution in [2.24, 2.45) is 0 Å². The van der Waals surface area contributed by atoms with Gasteiger partial charge in [-0.1, -0.05) is 18.2 Å². The van der Waals surface area contributed by atoms with Gasteiger partial charge < -0.3 is 10.3 Å². The zero-order valence-corrected chi connectivity index (χ0v) is 7.27. The van der Waals surface area contributed by atoms with Crippen LogP contribution in [0.25, 0.3) is 0 Å². The van der Waals surface area contributed by atoms with Crippen molar-refractivity contribution in [1.29, 1.82) is 0 Å². The molecule has 5 heteroatoms. The van der Waals surface area contributed by atoms with E-state index in [0.29, 0.717) is 0 Å². The van der Waals surface area contributed by atoms with Gasteiger partial charge in [-0.25, -0.2) is 4.39 Å². The number of hydrogen-bond donors (Lipinski definition) is 3. The number of benzene rings is 1. The summed E-state index contributed by atoms with van der Waals surface area (Å²) in [5, 5.41) is 17.1. The lowest BCUT2D eigenvalue weighted by Gasteiger charge is -2.10. The highest BCUT2D eigenvalue weighted by Crippen LogP contribution is 2.08. The maximum Gasteiger partial charge on any atom is 0.323 e. The zero-order valence-electron chi connectivity index (χ0n) is 7.27. The highest BCUT2D eigenvalue weighted by Gasteiger charge is 2.17. The molecule has 0 aliphatic carbocycles. The Morgan fingerprint density at radius 3 is 2.64 bits per heavy atom. The van der Waals surface area contributed by atoms with Crippen LogP contribution in [0.5, 0.6) is 0 Å². The molecule has 0 aliphatic rings. The Morgan fingerprint density at radius 1 is 1.50 bits per heavy atom. The normalized spacial score (nSPS) is 12.4. The quantitative estimate of drug-likeness (QED) is 0.627. The van der Waals surface area contributed by atoms with Gasteiger partial charge in [0.1, 0.15) is 11.9 Å². The average molecular weight is 199 g/mol. The molecule has 0 heterocycles. The number of carbonyl (C=O) groups is 1. The number of rotatable bonds is 4. The lowest BCUT2D eigenvalue weighted by Crippen LogP contribution is -2.36. The fraction of sp³-hybridized carbons (Fsp3) is 0.222. The van der Waals surface area contributed by atoms with Crippen LogP contribution < -0.4 is 5.48 Å². The summed E-state index contributed by atoms with van der Waals surface area (Å²) < 4.78 is 13.0. The largest absolute Gasteiger partial charge is 0.480 e. The van der Waals surface area contributed by atoms with Crippen LogP contribution in [-0.2, 0) is 11.2 Å². The van der Waals surface area contributed by atoms with Gasteiger partial charge in [-0.05, 0) is 11.6 Å². The molecule has 0 aliphatic heterocycles. The highest BCUT2D eigenvalue weighted by molar-refractivity contribution is 5.73. The standard InChI is InChI=1S/C9H10FNO3/c10-7-4-2-1-3-6(7)5-8(11-14)9(12)13/h1-4,8,11,14H,5H2,(H,12,13). The first-order valence-electron chi connectivity index (χ1n) is 4.01. The van der Waals surface area contributed by atoms with Crippen LogP contribution in [0.1, 0.15) is 5.56 Å². The second-order valence-corrected chi connectivity index (χ2v) is 2.82. The first-order valence-corrected chi connectivity index (χ1v) is 4.01. The van der Waals surface area contributed by atoms with Crippen LogP contribution in [0.3, 0.4) is 0 Å². The van der Waals surface area contributed by atoms with Crippen LogP contribution in [0.2, 0.25) is 0 Å². The van der Waals surface area contributed by atoms with Crippen molar-refractivity contribution in [2.45, 2.75) is 12.5 Å². The number of carboxylic acid groups (broad SMARTS) is 1. The molecular weight excluding hydrogens is 189 g/mol. The summed E-state index contributed by atoms with van der Waals surface area (Å²) in [5.74, 6) is -1.70. The molecule has 0 saturated carbocycles. The maximum atomic E-state index is 13.0. The van der Waals surface area contributed by atoms with E-state index in [1.807, 2.05) is 0 Å². The number of hydroxylamine groups is 1. The van der Waals surface area contributed by atoms with Gasteiger partial charge in [-0.3, -0.25) is 4.79 Å². The van der Waals surface area contributed by atoms with Crippen molar-refractivity contribution in [1.82, 2.24) is 5.48 Å². The Hall–Kier alpha value is -1.46. The SMILES string of the molecule is O=C(O)C(Cc1ccccc1F)NO. The smallest absolute Gasteiger partial charge is 0.323 e. The fourth-order valence-electron chi connectivity index (χ4n) is 1.07. The van der Waals surface area contributed by atoms with Crippen LogP contribution >= 0.6 is 0 Å². The molecule has 1 rings (SSSR count). The summed E-state index contributed by atoms with van der Waals surface area (Å²) in [6.07, 6.45) is -0.0987. The average Bonchev–Trinajstić information content (AvgIpc) is 2.16. The first-order chi connectivity index (χ1) is 6.65. The van der Waals surface area contributed by atoms with E-state index >= 15 is 0 Å². The van der Waals surface area contributed by atoms with E-state index in [1.54, 1.807) is 11.5 Å². The van der Waals surface area contributed by atoms with Crippen LogP contribution in [0, 0.1) is 5.82 Å². The second-order valence-electron chi connectivity index (χ2n) is 2.82. The molecule has 1 aromatic carbocycles. The maximum absolute atomic E-state index is 13.0. The number of halogens is 1. The molecule has 1 unspecified atom stereocenters. The van der Waals surface area contributed by atoms with Gasteiger partial charge >= 0.3 is 5.97 Å². The molecule has 0 bridgehead atoms. The highest BCUT2D eigenvalue weighted by atomic mass is 19.1. The minimum Gasteiger partial charge on any atom is -0.480 e. The molecule has 0 aromatic heterocycles. The van der Waals surface area contributed by atoms with Crippen molar-refractivity contribution in [3.8, 4) is 0 Å². The molecule has 0 radical (unpaired) electrons. The van der Waals surface area contributed by atoms with Gasteiger partial charge in [-0.2, -0.15) is 5.48 Å². The predicted octanol–water partition coefficient (Wildman–Crippen LogP) is 0.800. The van der Waals surface area contributed by atoms with E-state index in [0.717, 1.165) is 0 Å². The molecule has 0 saturated heterocycles. The summed E-state index contributed by atoms with van der Waals surface area (Å²) in [6, 6.07) is 4.65. The van der Waals surface area contributed by atoms with E-state index in [1.165, 1.54) is 18.2 Å². The molecule has 4 nitrogen and oxygen atoms in total. The number of nitrogens with one attached hydrogen (secondary N) is 1. The summed E-state index contributed by atoms with van der Waals surface area (Å²) in [4.78, 5) is 10.5. The Balaban J connectivity index is 2.77. The third kappa shape index (κ3) is 2.51. The predicted molar refractivity (Wildman–Crippen MR) is 46.5 cm³/mol. The summed E-state index contributed by atoms with van der Waals surface area (Å²) in [5.41, 5.74) is 1.86. The fourth-order valence-corrected chi connectivity index (χ4v) is 1.07. The Bertz CT molecular complexity index is 330. The lowest BCUT2D eigenvalue weighted by atomic mass is 10.1. The molecular formula is C9H10FNO3. The molecule has 14 heavy (non-hydrogen) atoms. The van der Waals surface area contributed by atoms with Crippen molar-refractivity contribution >= 4 is 5.97 Å². The van der Waals surface area contributed by atoms with Crippen molar-refractivity contribution in [2.75, 3.05) is 0 Å². The topological polar surface area (TPSA) is 69.6 Å². The second kappa shape index (κ2) is 4.69. The van der Waals surface area contributed by atoms with Crippen molar-refractivity contribution < 1.29 is 19.5 Å². The van der Waals surface area contributed by atoms with E-state index in [4.69, 9.17) is 10.3 Å². The molecule has 1 aromatic rings. The van der Waals surface area contributed by atoms with E-state index in [9.17, 15) is 9.18 Å². The molecule has 0 amide bonds. The van der Waals surface area contributed by atoms with Crippen molar-refractivity contribution in [3.05, 3.63) is 35.6 Å². The lowest BCUT2D eigenvalue weighted by molar-refractivity contribution is -0.142. The van der Waals surface area contributed by atoms with Crippen LogP contribution in [-0.4, -0.2) is 22.3 Å². The number of carboxylic acids is 1. The Labute approximate surface area is 79.9 Å². The van der Waals surface area contributed by atoms with Gasteiger partial charge in [0.2, 0.25) is 0 Å². The third-order valence-corrected chi connectivity index (χ3v) is 1.84. The monoisotopic (exact) mass is 199 g/mol. The van der Waals surface area contributed by atoms with Crippen molar-refractivity contribution in [3.63, 3.8) is 0 Å². The number of hydrogen-bond acceptors (Lipinski definition) is 3. The summed E-state index contributed by atoms with van der Waals surface area (Å²) >= 11 is 0. The third-order valence-electron chi connectivity index (χ3n) is 1.84. The molecule has 0 spiro atoms. The minimum atomic E-state index is -1.23. The van der Waals surface area contributed by atoms with Gasteiger partial charge in [0.15, 0.2) is 0 Å². The molecule has 0 fully saturated rings.